The van der Waals surface area contributed by atoms with Crippen molar-refractivity contribution >= 4 is 22.8 Å². The molecule has 5 heteroatoms. The Morgan fingerprint density at radius 3 is 2.32 bits per heavy atom. The van der Waals surface area contributed by atoms with Crippen LogP contribution < -0.4 is 5.56 Å². The Morgan fingerprint density at radius 2 is 1.58 bits per heavy atom. The highest BCUT2D eigenvalue weighted by Crippen LogP contribution is 2.30. The molecule has 3 aromatic carbocycles. The van der Waals surface area contributed by atoms with E-state index in [1.54, 1.807) is 16.3 Å². The predicted molar refractivity (Wildman–Crippen MR) is 128 cm³/mol. The molecule has 5 aromatic rings. The number of hydrogen-bond donors (Lipinski definition) is 1. The lowest BCUT2D eigenvalue weighted by molar-refractivity contribution is 0.818. The second kappa shape index (κ2) is 8.28. The summed E-state index contributed by atoms with van der Waals surface area (Å²) in [5, 5.41) is 0.684. The summed E-state index contributed by atoms with van der Waals surface area (Å²) in [6, 6.07) is 28.1. The number of nitrogens with one attached hydrogen (secondary N) is 1. The number of benzene rings is 3. The zero-order valence-corrected chi connectivity index (χ0v) is 17.9. The Bertz CT molecular complexity index is 1410. The third-order valence-electron chi connectivity index (χ3n) is 5.39. The molecule has 0 spiro atoms. The van der Waals surface area contributed by atoms with Crippen molar-refractivity contribution < 1.29 is 0 Å². The van der Waals surface area contributed by atoms with Crippen molar-refractivity contribution in [2.75, 3.05) is 0 Å². The monoisotopic (exact) mass is 423 g/mol. The summed E-state index contributed by atoms with van der Waals surface area (Å²) in [6.07, 6.45) is 1.87. The van der Waals surface area contributed by atoms with E-state index in [2.05, 4.69) is 24.0 Å². The average molecular weight is 424 g/mol. The van der Waals surface area contributed by atoms with Gasteiger partial charge in [-0.25, -0.2) is 4.98 Å². The van der Waals surface area contributed by atoms with E-state index in [9.17, 15) is 4.79 Å². The number of aromatic amines is 1. The zero-order chi connectivity index (χ0) is 21.2. The molecule has 0 saturated heterocycles. The quantitative estimate of drug-likeness (QED) is 0.279. The molecule has 5 rings (SSSR count). The first kappa shape index (κ1) is 19.4. The van der Waals surface area contributed by atoms with Crippen molar-refractivity contribution in [2.24, 2.45) is 0 Å². The van der Waals surface area contributed by atoms with E-state index in [0.29, 0.717) is 16.2 Å². The highest BCUT2D eigenvalue weighted by atomic mass is 32.2. The van der Waals surface area contributed by atoms with Crippen LogP contribution in [0.3, 0.4) is 0 Å². The SMILES string of the molecule is Cc1ccccc1CSc1nc2c(-c3ccccc3)c[nH]c2c(=O)n1-c1ccccc1. The van der Waals surface area contributed by atoms with Gasteiger partial charge in [-0.3, -0.25) is 9.36 Å². The maximum atomic E-state index is 13.6. The first-order valence-electron chi connectivity index (χ1n) is 10.1. The molecule has 0 aliphatic carbocycles. The summed E-state index contributed by atoms with van der Waals surface area (Å²) < 4.78 is 1.70. The molecular weight excluding hydrogens is 402 g/mol. The summed E-state index contributed by atoms with van der Waals surface area (Å²) >= 11 is 1.58. The number of H-pyrrole nitrogens is 1. The van der Waals surface area contributed by atoms with Gasteiger partial charge >= 0.3 is 0 Å². The number of hydrogen-bond acceptors (Lipinski definition) is 3. The summed E-state index contributed by atoms with van der Waals surface area (Å²) in [7, 11) is 0. The summed E-state index contributed by atoms with van der Waals surface area (Å²) in [4.78, 5) is 21.7. The highest BCUT2D eigenvalue weighted by molar-refractivity contribution is 7.98. The van der Waals surface area contributed by atoms with Crippen molar-refractivity contribution in [3.8, 4) is 16.8 Å². The number of aromatic nitrogens is 3. The Morgan fingerprint density at radius 1 is 0.903 bits per heavy atom. The standard InChI is InChI=1S/C26H21N3OS/c1-18-10-8-9-13-20(18)17-31-26-28-23-22(19-11-4-2-5-12-19)16-27-24(23)25(30)29(26)21-14-6-3-7-15-21/h2-16,27H,17H2,1H3. The third-order valence-corrected chi connectivity index (χ3v) is 6.37. The lowest BCUT2D eigenvalue weighted by Gasteiger charge is -2.13. The van der Waals surface area contributed by atoms with Crippen LogP contribution in [0.1, 0.15) is 11.1 Å². The van der Waals surface area contributed by atoms with Crippen LogP contribution in [-0.2, 0) is 5.75 Å². The van der Waals surface area contributed by atoms with Gasteiger partial charge < -0.3 is 4.98 Å². The molecule has 0 amide bonds. The first-order chi connectivity index (χ1) is 15.2. The fraction of sp³-hybridized carbons (Fsp3) is 0.0769. The van der Waals surface area contributed by atoms with Crippen LogP contribution in [0.25, 0.3) is 27.8 Å². The molecule has 0 fully saturated rings. The van der Waals surface area contributed by atoms with Crippen LogP contribution in [0.15, 0.2) is 101 Å². The fourth-order valence-corrected chi connectivity index (χ4v) is 4.77. The molecule has 2 aromatic heterocycles. The van der Waals surface area contributed by atoms with E-state index in [-0.39, 0.29) is 5.56 Å². The van der Waals surface area contributed by atoms with Crippen LogP contribution in [0.2, 0.25) is 0 Å². The van der Waals surface area contributed by atoms with Gasteiger partial charge in [0.25, 0.3) is 5.56 Å². The van der Waals surface area contributed by atoms with Gasteiger partial charge in [0.05, 0.1) is 5.69 Å². The number of nitrogens with zero attached hydrogens (tertiary/aromatic N) is 2. The Balaban J connectivity index is 1.68. The van der Waals surface area contributed by atoms with E-state index in [1.165, 1.54) is 11.1 Å². The molecule has 0 bridgehead atoms. The van der Waals surface area contributed by atoms with Gasteiger partial charge in [-0.2, -0.15) is 0 Å². The number of rotatable bonds is 5. The van der Waals surface area contributed by atoms with E-state index in [1.807, 2.05) is 79.0 Å². The molecule has 0 aliphatic rings. The van der Waals surface area contributed by atoms with Crippen LogP contribution in [-0.4, -0.2) is 14.5 Å². The molecule has 0 unspecified atom stereocenters. The molecule has 0 saturated carbocycles. The predicted octanol–water partition coefficient (Wildman–Crippen LogP) is 5.98. The van der Waals surface area contributed by atoms with Crippen molar-refractivity contribution in [1.29, 1.82) is 0 Å². The zero-order valence-electron chi connectivity index (χ0n) is 17.1. The van der Waals surface area contributed by atoms with Gasteiger partial charge in [-0.1, -0.05) is 84.6 Å². The Kier molecular flexibility index (Phi) is 5.18. The number of aryl methyl sites for hydroxylation is 1. The summed E-state index contributed by atoms with van der Waals surface area (Å²) in [5.74, 6) is 0.739. The second-order valence-corrected chi connectivity index (χ2v) is 8.32. The van der Waals surface area contributed by atoms with Crippen molar-refractivity contribution in [3.63, 3.8) is 0 Å². The van der Waals surface area contributed by atoms with Crippen LogP contribution in [0.4, 0.5) is 0 Å². The third kappa shape index (κ3) is 3.68. The fourth-order valence-electron chi connectivity index (χ4n) is 3.69. The van der Waals surface area contributed by atoms with Gasteiger partial charge in [0, 0.05) is 17.5 Å². The van der Waals surface area contributed by atoms with Crippen LogP contribution >= 0.6 is 11.8 Å². The molecule has 4 nitrogen and oxygen atoms in total. The van der Waals surface area contributed by atoms with Crippen molar-refractivity contribution in [1.82, 2.24) is 14.5 Å². The number of thioether (sulfide) groups is 1. The number of para-hydroxylation sites is 1. The summed E-state index contributed by atoms with van der Waals surface area (Å²) in [6.45, 7) is 2.11. The van der Waals surface area contributed by atoms with Crippen molar-refractivity contribution in [3.05, 3.63) is 113 Å². The first-order valence-corrected chi connectivity index (χ1v) is 11.1. The minimum Gasteiger partial charge on any atom is -0.355 e. The molecule has 2 heterocycles. The van der Waals surface area contributed by atoms with E-state index < -0.39 is 0 Å². The molecule has 152 valence electrons. The largest absolute Gasteiger partial charge is 0.355 e. The summed E-state index contributed by atoms with van der Waals surface area (Å²) in [5.41, 5.74) is 6.38. The minimum absolute atomic E-state index is 0.0920. The normalized spacial score (nSPS) is 11.1. The highest BCUT2D eigenvalue weighted by Gasteiger charge is 2.18. The van der Waals surface area contributed by atoms with Gasteiger partial charge in [0.15, 0.2) is 5.16 Å². The number of fused-ring (bicyclic) bond motifs is 1. The Labute approximate surface area is 184 Å². The van der Waals surface area contributed by atoms with E-state index >= 15 is 0 Å². The minimum atomic E-state index is -0.0920. The molecule has 0 radical (unpaired) electrons. The van der Waals surface area contributed by atoms with Crippen LogP contribution in [0, 0.1) is 6.92 Å². The smallest absolute Gasteiger partial charge is 0.283 e. The maximum absolute atomic E-state index is 13.6. The van der Waals surface area contributed by atoms with Crippen molar-refractivity contribution in [2.45, 2.75) is 17.8 Å². The average Bonchev–Trinajstić information content (AvgIpc) is 3.24. The maximum Gasteiger partial charge on any atom is 0.283 e. The molecule has 0 aliphatic heterocycles. The van der Waals surface area contributed by atoms with Gasteiger partial charge in [-0.15, -0.1) is 0 Å². The molecule has 31 heavy (non-hydrogen) atoms. The van der Waals surface area contributed by atoms with Crippen LogP contribution in [0.5, 0.6) is 0 Å². The van der Waals surface area contributed by atoms with E-state index in [4.69, 9.17) is 4.98 Å². The lowest BCUT2D eigenvalue weighted by Crippen LogP contribution is -2.21. The van der Waals surface area contributed by atoms with Gasteiger partial charge in [0.2, 0.25) is 0 Å². The molecular formula is C26H21N3OS. The lowest BCUT2D eigenvalue weighted by atomic mass is 10.1. The Hall–Kier alpha value is -3.57. The molecule has 0 atom stereocenters. The van der Waals surface area contributed by atoms with Gasteiger partial charge in [0.1, 0.15) is 11.0 Å². The molecule has 1 N–H and O–H groups in total. The topological polar surface area (TPSA) is 50.7 Å². The van der Waals surface area contributed by atoms with E-state index in [0.717, 1.165) is 22.6 Å². The van der Waals surface area contributed by atoms with Gasteiger partial charge in [-0.05, 0) is 35.7 Å². The second-order valence-electron chi connectivity index (χ2n) is 7.38.